The molecule has 10 heteroatoms. The molecule has 3 aromatic rings. The Morgan fingerprint density at radius 2 is 1.65 bits per heavy atom. The van der Waals surface area contributed by atoms with Crippen molar-refractivity contribution >= 4 is 17.8 Å². The molecule has 0 aliphatic heterocycles. The van der Waals surface area contributed by atoms with Crippen molar-refractivity contribution in [2.45, 2.75) is 25.8 Å². The van der Waals surface area contributed by atoms with Gasteiger partial charge in [-0.1, -0.05) is 24.3 Å². The molecule has 0 spiro atoms. The molecule has 0 bridgehead atoms. The highest BCUT2D eigenvalue weighted by Gasteiger charge is 2.22. The summed E-state index contributed by atoms with van der Waals surface area (Å²) in [5.74, 6) is -1.24. The van der Waals surface area contributed by atoms with Crippen molar-refractivity contribution in [1.29, 1.82) is 0 Å². The lowest BCUT2D eigenvalue weighted by Crippen LogP contribution is -2.43. The van der Waals surface area contributed by atoms with E-state index >= 15 is 0 Å². The van der Waals surface area contributed by atoms with E-state index in [1.807, 2.05) is 0 Å². The molecule has 1 atom stereocenters. The van der Waals surface area contributed by atoms with Crippen LogP contribution in [0.5, 0.6) is 11.5 Å². The zero-order valence-electron chi connectivity index (χ0n) is 18.5. The van der Waals surface area contributed by atoms with Gasteiger partial charge in [-0.25, -0.2) is 9.78 Å². The van der Waals surface area contributed by atoms with E-state index in [-0.39, 0.29) is 24.4 Å². The van der Waals surface area contributed by atoms with Gasteiger partial charge in [0.2, 0.25) is 0 Å². The molecule has 3 N–H and O–H groups in total. The third-order valence-corrected chi connectivity index (χ3v) is 4.78. The number of ether oxygens (including phenoxy) is 2. The van der Waals surface area contributed by atoms with Crippen LogP contribution in [0.4, 0.5) is 0 Å². The largest absolute Gasteiger partial charge is 0.497 e. The second-order valence-electron chi connectivity index (χ2n) is 7.41. The highest BCUT2D eigenvalue weighted by atomic mass is 16.5. The van der Waals surface area contributed by atoms with Crippen molar-refractivity contribution < 1.29 is 29.0 Å². The molecular formula is C24H23N3O7. The molecule has 34 heavy (non-hydrogen) atoms. The van der Waals surface area contributed by atoms with Crippen LogP contribution in [0.3, 0.4) is 0 Å². The Morgan fingerprint density at radius 1 is 1.03 bits per heavy atom. The average molecular weight is 465 g/mol. The van der Waals surface area contributed by atoms with Gasteiger partial charge in [0.05, 0.1) is 7.11 Å². The molecule has 0 aliphatic rings. The summed E-state index contributed by atoms with van der Waals surface area (Å²) in [7, 11) is 1.55. The van der Waals surface area contributed by atoms with Crippen molar-refractivity contribution in [2.24, 2.45) is 0 Å². The van der Waals surface area contributed by atoms with Crippen LogP contribution in [0.15, 0.2) is 59.4 Å². The quantitative estimate of drug-likeness (QED) is 0.320. The fourth-order valence-corrected chi connectivity index (χ4v) is 3.17. The Bertz CT molecular complexity index is 1230. The van der Waals surface area contributed by atoms with Gasteiger partial charge in [0.15, 0.2) is 0 Å². The summed E-state index contributed by atoms with van der Waals surface area (Å²) in [6.07, 6.45) is 0.237. The monoisotopic (exact) mass is 465 g/mol. The van der Waals surface area contributed by atoms with Crippen molar-refractivity contribution in [3.8, 4) is 11.5 Å². The lowest BCUT2D eigenvalue weighted by Gasteiger charge is -2.15. The van der Waals surface area contributed by atoms with E-state index in [1.54, 1.807) is 43.5 Å². The Hall–Kier alpha value is -4.47. The number of aromatic nitrogens is 2. The maximum absolute atomic E-state index is 12.7. The van der Waals surface area contributed by atoms with Gasteiger partial charge in [0.1, 0.15) is 29.1 Å². The molecule has 0 radical (unpaired) electrons. The van der Waals surface area contributed by atoms with E-state index in [2.05, 4.69) is 15.3 Å². The molecule has 0 aliphatic carbocycles. The number of carboxylic acids is 1. The molecule has 0 fully saturated rings. The average Bonchev–Trinajstić information content (AvgIpc) is 2.79. The first-order valence-corrected chi connectivity index (χ1v) is 10.3. The molecule has 176 valence electrons. The summed E-state index contributed by atoms with van der Waals surface area (Å²) >= 11 is 0. The summed E-state index contributed by atoms with van der Waals surface area (Å²) in [6, 6.07) is 13.1. The van der Waals surface area contributed by atoms with Crippen LogP contribution >= 0.6 is 0 Å². The molecule has 0 saturated heterocycles. The normalized spacial score (nSPS) is 11.4. The number of H-pyrrole nitrogens is 1. The summed E-state index contributed by atoms with van der Waals surface area (Å²) in [6.45, 7) is 1.27. The number of aliphatic carboxylic acids is 1. The molecule has 1 aromatic heterocycles. The van der Waals surface area contributed by atoms with Gasteiger partial charge >= 0.3 is 11.9 Å². The van der Waals surface area contributed by atoms with Crippen molar-refractivity contribution in [3.05, 3.63) is 87.6 Å². The molecular weight excluding hydrogens is 442 g/mol. The number of hydrogen-bond acceptors (Lipinski definition) is 7. The summed E-state index contributed by atoms with van der Waals surface area (Å²) in [5, 5.41) is 12.0. The maximum Gasteiger partial charge on any atom is 0.326 e. The van der Waals surface area contributed by atoms with Crippen LogP contribution < -0.4 is 20.3 Å². The number of carbonyl (C=O) groups excluding carboxylic acids is 2. The zero-order chi connectivity index (χ0) is 24.7. The summed E-state index contributed by atoms with van der Waals surface area (Å²) in [5.41, 5.74) is 0.713. The van der Waals surface area contributed by atoms with Crippen molar-refractivity contribution in [3.63, 3.8) is 0 Å². The minimum atomic E-state index is -1.27. The van der Waals surface area contributed by atoms with Crippen LogP contribution in [0, 0.1) is 0 Å². The zero-order valence-corrected chi connectivity index (χ0v) is 18.5. The van der Waals surface area contributed by atoms with Gasteiger partial charge in [-0.05, 0) is 35.4 Å². The Labute approximate surface area is 194 Å². The number of hydrogen-bond donors (Lipinski definition) is 3. The lowest BCUT2D eigenvalue weighted by molar-refractivity contribution is -0.139. The molecule has 10 nitrogen and oxygen atoms in total. The van der Waals surface area contributed by atoms with E-state index in [4.69, 9.17) is 9.47 Å². The number of carbonyl (C=O) groups is 3. The van der Waals surface area contributed by atoms with E-state index < -0.39 is 29.4 Å². The van der Waals surface area contributed by atoms with Crippen LogP contribution in [-0.4, -0.2) is 46.1 Å². The number of nitrogens with one attached hydrogen (secondary N) is 2. The second kappa shape index (κ2) is 10.9. The van der Waals surface area contributed by atoms with E-state index in [0.29, 0.717) is 17.1 Å². The molecule has 1 unspecified atom stereocenters. The number of benzene rings is 2. The van der Waals surface area contributed by atoms with E-state index in [1.165, 1.54) is 19.1 Å². The minimum absolute atomic E-state index is 0.0245. The maximum atomic E-state index is 12.7. The summed E-state index contributed by atoms with van der Waals surface area (Å²) in [4.78, 5) is 54.3. The van der Waals surface area contributed by atoms with Gasteiger partial charge in [-0.2, -0.15) is 0 Å². The van der Waals surface area contributed by atoms with Gasteiger partial charge in [0, 0.05) is 25.8 Å². The Kier molecular flexibility index (Phi) is 7.75. The Morgan fingerprint density at radius 3 is 2.24 bits per heavy atom. The molecule has 2 aromatic carbocycles. The number of carboxylic acid groups (broad SMARTS) is 1. The highest BCUT2D eigenvalue weighted by Crippen LogP contribution is 2.15. The topological polar surface area (TPSA) is 148 Å². The SMILES string of the molecule is COc1ccc(Cc2nc(C(=O)NC(Cc3ccc(OC(C)=O)cc3)C(=O)O)cc(=O)[nH]2)cc1. The first kappa shape index (κ1) is 24.2. The molecule has 0 saturated carbocycles. The third-order valence-electron chi connectivity index (χ3n) is 4.78. The van der Waals surface area contributed by atoms with Crippen molar-refractivity contribution in [2.75, 3.05) is 7.11 Å². The standard InChI is InChI=1S/C24H23N3O7/c1-14(28)34-18-9-5-15(6-10-18)11-20(24(31)32)26-23(30)19-13-22(29)27-21(25-19)12-16-3-7-17(33-2)8-4-16/h3-10,13,20H,11-12H2,1-2H3,(H,26,30)(H,31,32)(H,25,27,29). The second-order valence-corrected chi connectivity index (χ2v) is 7.41. The highest BCUT2D eigenvalue weighted by molar-refractivity contribution is 5.95. The van der Waals surface area contributed by atoms with Crippen LogP contribution in [0.25, 0.3) is 0 Å². The smallest absolute Gasteiger partial charge is 0.326 e. The Balaban J connectivity index is 1.72. The predicted octanol–water partition coefficient (Wildman–Crippen LogP) is 1.72. The summed E-state index contributed by atoms with van der Waals surface area (Å²) < 4.78 is 10.1. The van der Waals surface area contributed by atoms with Crippen LogP contribution in [0.2, 0.25) is 0 Å². The van der Waals surface area contributed by atoms with E-state index in [0.717, 1.165) is 11.6 Å². The van der Waals surface area contributed by atoms with Gasteiger partial charge in [-0.3, -0.25) is 14.4 Å². The molecule has 1 amide bonds. The van der Waals surface area contributed by atoms with Crippen LogP contribution in [0.1, 0.15) is 34.4 Å². The number of nitrogens with zero attached hydrogens (tertiary/aromatic N) is 1. The number of aromatic amines is 1. The lowest BCUT2D eigenvalue weighted by atomic mass is 10.1. The molecule has 3 rings (SSSR count). The fraction of sp³-hybridized carbons (Fsp3) is 0.208. The predicted molar refractivity (Wildman–Crippen MR) is 121 cm³/mol. The fourth-order valence-electron chi connectivity index (χ4n) is 3.17. The minimum Gasteiger partial charge on any atom is -0.497 e. The molecule has 1 heterocycles. The van der Waals surface area contributed by atoms with Crippen LogP contribution in [-0.2, 0) is 22.4 Å². The first-order valence-electron chi connectivity index (χ1n) is 10.3. The van der Waals surface area contributed by atoms with Gasteiger partial charge in [0.25, 0.3) is 11.5 Å². The third kappa shape index (κ3) is 6.76. The first-order chi connectivity index (χ1) is 16.2. The number of esters is 1. The van der Waals surface area contributed by atoms with Gasteiger partial charge in [-0.15, -0.1) is 0 Å². The number of rotatable bonds is 9. The van der Waals surface area contributed by atoms with Gasteiger partial charge < -0.3 is 24.9 Å². The number of methoxy groups -OCH3 is 1. The van der Waals surface area contributed by atoms with E-state index in [9.17, 15) is 24.3 Å². The number of amides is 1. The van der Waals surface area contributed by atoms with Crippen molar-refractivity contribution in [1.82, 2.24) is 15.3 Å².